The maximum absolute atomic E-state index is 5.50. The minimum absolute atomic E-state index is 0. The Kier molecular flexibility index (Phi) is 7.04. The van der Waals surface area contributed by atoms with Gasteiger partial charge in [0.05, 0.1) is 0 Å². The van der Waals surface area contributed by atoms with Crippen molar-refractivity contribution >= 4 is 0 Å². The standard InChI is InChI=1S/C7H15N.C2H6.H2/c8-6-7-4-2-1-3-5-7;1-2;/h7H,1-6,8H2;1-2H3;1H. The quantitative estimate of drug-likeness (QED) is 0.603. The van der Waals surface area contributed by atoms with Crippen molar-refractivity contribution in [1.82, 2.24) is 0 Å². The van der Waals surface area contributed by atoms with Crippen molar-refractivity contribution < 1.29 is 1.43 Å². The van der Waals surface area contributed by atoms with Gasteiger partial charge >= 0.3 is 0 Å². The van der Waals surface area contributed by atoms with Gasteiger partial charge in [-0.05, 0) is 25.3 Å². The molecule has 1 aliphatic rings. The van der Waals surface area contributed by atoms with E-state index in [1.165, 1.54) is 32.1 Å². The van der Waals surface area contributed by atoms with Gasteiger partial charge in [0.2, 0.25) is 0 Å². The molecular weight excluding hydrogens is 122 g/mol. The van der Waals surface area contributed by atoms with E-state index in [-0.39, 0.29) is 1.43 Å². The lowest BCUT2D eigenvalue weighted by molar-refractivity contribution is 0.366. The molecule has 2 N–H and O–H groups in total. The SMILES string of the molecule is CC.NCC1CCCCC1.[HH]. The third-order valence-electron chi connectivity index (χ3n) is 2.06. The van der Waals surface area contributed by atoms with E-state index >= 15 is 0 Å². The molecule has 0 amide bonds. The topological polar surface area (TPSA) is 26.0 Å². The van der Waals surface area contributed by atoms with Crippen molar-refractivity contribution in [3.8, 4) is 0 Å². The first-order chi connectivity index (χ1) is 4.93. The van der Waals surface area contributed by atoms with Crippen LogP contribution in [-0.2, 0) is 0 Å². The second kappa shape index (κ2) is 7.07. The Morgan fingerprint density at radius 2 is 1.70 bits per heavy atom. The number of hydrogen-bond acceptors (Lipinski definition) is 1. The Morgan fingerprint density at radius 3 is 2.00 bits per heavy atom. The lowest BCUT2D eigenvalue weighted by Gasteiger charge is -2.18. The van der Waals surface area contributed by atoms with E-state index in [2.05, 4.69) is 0 Å². The van der Waals surface area contributed by atoms with Crippen LogP contribution in [0.5, 0.6) is 0 Å². The summed E-state index contributed by atoms with van der Waals surface area (Å²) in [5.74, 6) is 0.865. The first-order valence-corrected chi connectivity index (χ1v) is 4.63. The van der Waals surface area contributed by atoms with Crippen LogP contribution in [-0.4, -0.2) is 6.54 Å². The summed E-state index contributed by atoms with van der Waals surface area (Å²) in [6.45, 7) is 4.92. The van der Waals surface area contributed by atoms with E-state index in [0.717, 1.165) is 12.5 Å². The van der Waals surface area contributed by atoms with Crippen LogP contribution >= 0.6 is 0 Å². The average Bonchev–Trinajstić information content (AvgIpc) is 2.10. The first kappa shape index (κ1) is 9.96. The molecule has 0 aromatic heterocycles. The summed E-state index contributed by atoms with van der Waals surface area (Å²) < 4.78 is 0. The molecule has 0 aromatic carbocycles. The maximum Gasteiger partial charge on any atom is 0 e. The third kappa shape index (κ3) is 3.89. The van der Waals surface area contributed by atoms with Crippen LogP contribution in [0, 0.1) is 5.92 Å². The van der Waals surface area contributed by atoms with Crippen molar-refractivity contribution in [3.05, 3.63) is 0 Å². The van der Waals surface area contributed by atoms with Gasteiger partial charge in [-0.1, -0.05) is 33.1 Å². The van der Waals surface area contributed by atoms with E-state index in [9.17, 15) is 0 Å². The molecule has 64 valence electrons. The molecule has 1 saturated carbocycles. The molecule has 0 unspecified atom stereocenters. The van der Waals surface area contributed by atoms with Gasteiger partial charge in [-0.2, -0.15) is 0 Å². The number of hydrogen-bond donors (Lipinski definition) is 1. The van der Waals surface area contributed by atoms with Gasteiger partial charge in [-0.15, -0.1) is 0 Å². The highest BCUT2D eigenvalue weighted by Gasteiger charge is 2.09. The lowest BCUT2D eigenvalue weighted by Crippen LogP contribution is -2.16. The van der Waals surface area contributed by atoms with Gasteiger partial charge in [0.1, 0.15) is 0 Å². The summed E-state index contributed by atoms with van der Waals surface area (Å²) in [4.78, 5) is 0. The second-order valence-corrected chi connectivity index (χ2v) is 2.74. The summed E-state index contributed by atoms with van der Waals surface area (Å²) in [5, 5.41) is 0. The fourth-order valence-electron chi connectivity index (χ4n) is 1.42. The largest absolute Gasteiger partial charge is 0.330 e. The van der Waals surface area contributed by atoms with Crippen molar-refractivity contribution in [1.29, 1.82) is 0 Å². The Balaban J connectivity index is 0. The van der Waals surface area contributed by atoms with Gasteiger partial charge < -0.3 is 5.73 Å². The summed E-state index contributed by atoms with van der Waals surface area (Å²) >= 11 is 0. The molecule has 0 bridgehead atoms. The third-order valence-corrected chi connectivity index (χ3v) is 2.06. The molecule has 0 spiro atoms. The van der Waals surface area contributed by atoms with Crippen molar-refractivity contribution in [2.75, 3.05) is 6.54 Å². The lowest BCUT2D eigenvalue weighted by atomic mass is 9.90. The molecular formula is C9H23N. The monoisotopic (exact) mass is 145 g/mol. The number of rotatable bonds is 1. The zero-order valence-corrected chi connectivity index (χ0v) is 7.40. The molecule has 1 fully saturated rings. The molecule has 10 heavy (non-hydrogen) atoms. The van der Waals surface area contributed by atoms with Crippen molar-refractivity contribution in [2.24, 2.45) is 11.7 Å². The Labute approximate surface area is 66.5 Å². The highest BCUT2D eigenvalue weighted by molar-refractivity contribution is 4.65. The van der Waals surface area contributed by atoms with Crippen LogP contribution in [0.15, 0.2) is 0 Å². The second-order valence-electron chi connectivity index (χ2n) is 2.74. The molecule has 0 aromatic rings. The summed E-state index contributed by atoms with van der Waals surface area (Å²) in [6, 6.07) is 0. The summed E-state index contributed by atoms with van der Waals surface area (Å²) in [6.07, 6.45) is 7.05. The Bertz CT molecular complexity index is 60.6. The Morgan fingerprint density at radius 1 is 1.20 bits per heavy atom. The summed E-state index contributed by atoms with van der Waals surface area (Å²) in [5.41, 5.74) is 5.50. The van der Waals surface area contributed by atoms with Crippen LogP contribution in [0.2, 0.25) is 0 Å². The smallest absolute Gasteiger partial charge is 0 e. The fraction of sp³-hybridized carbons (Fsp3) is 1.00. The minimum Gasteiger partial charge on any atom is -0.330 e. The summed E-state index contributed by atoms with van der Waals surface area (Å²) in [7, 11) is 0. The van der Waals surface area contributed by atoms with Gasteiger partial charge in [-0.25, -0.2) is 0 Å². The van der Waals surface area contributed by atoms with Crippen LogP contribution in [0.25, 0.3) is 0 Å². The highest BCUT2D eigenvalue weighted by atomic mass is 14.5. The molecule has 0 aliphatic heterocycles. The van der Waals surface area contributed by atoms with Crippen LogP contribution < -0.4 is 5.73 Å². The number of nitrogens with two attached hydrogens (primary N) is 1. The minimum atomic E-state index is 0. The zero-order valence-electron chi connectivity index (χ0n) is 7.40. The van der Waals surface area contributed by atoms with E-state index in [1.54, 1.807) is 0 Å². The molecule has 0 heterocycles. The van der Waals surface area contributed by atoms with E-state index < -0.39 is 0 Å². The molecule has 0 atom stereocenters. The fourth-order valence-corrected chi connectivity index (χ4v) is 1.42. The average molecular weight is 145 g/mol. The molecule has 0 radical (unpaired) electrons. The van der Waals surface area contributed by atoms with E-state index in [0.29, 0.717) is 0 Å². The first-order valence-electron chi connectivity index (χ1n) is 4.63. The van der Waals surface area contributed by atoms with Crippen molar-refractivity contribution in [2.45, 2.75) is 46.0 Å². The van der Waals surface area contributed by atoms with Gasteiger partial charge in [0.25, 0.3) is 0 Å². The predicted octanol–water partition coefficient (Wildman–Crippen LogP) is 2.80. The van der Waals surface area contributed by atoms with Crippen LogP contribution in [0.4, 0.5) is 0 Å². The maximum atomic E-state index is 5.50. The van der Waals surface area contributed by atoms with Crippen molar-refractivity contribution in [3.63, 3.8) is 0 Å². The zero-order chi connectivity index (χ0) is 7.82. The van der Waals surface area contributed by atoms with E-state index in [4.69, 9.17) is 5.73 Å². The van der Waals surface area contributed by atoms with Gasteiger partial charge in [0, 0.05) is 1.43 Å². The Hall–Kier alpha value is -0.0400. The molecule has 1 heteroatoms. The van der Waals surface area contributed by atoms with Gasteiger partial charge in [0.15, 0.2) is 0 Å². The molecule has 0 saturated heterocycles. The molecule has 1 aliphatic carbocycles. The molecule has 1 nitrogen and oxygen atoms in total. The van der Waals surface area contributed by atoms with Crippen LogP contribution in [0.1, 0.15) is 47.4 Å². The molecule has 1 rings (SSSR count). The normalized spacial score (nSPS) is 19.5. The van der Waals surface area contributed by atoms with Gasteiger partial charge in [-0.3, -0.25) is 0 Å². The predicted molar refractivity (Wildman–Crippen MR) is 49.1 cm³/mol. The van der Waals surface area contributed by atoms with Crippen LogP contribution in [0.3, 0.4) is 0 Å². The highest BCUT2D eigenvalue weighted by Crippen LogP contribution is 2.21. The van der Waals surface area contributed by atoms with E-state index in [1.807, 2.05) is 13.8 Å².